The van der Waals surface area contributed by atoms with Gasteiger partial charge in [-0.05, 0) is 54.2 Å². The van der Waals surface area contributed by atoms with Crippen LogP contribution in [0.3, 0.4) is 0 Å². The summed E-state index contributed by atoms with van der Waals surface area (Å²) in [6, 6.07) is 17.1. The van der Waals surface area contributed by atoms with Crippen molar-refractivity contribution in [2.24, 2.45) is 0 Å². The Morgan fingerprint density at radius 3 is 1.48 bits per heavy atom. The van der Waals surface area contributed by atoms with E-state index in [-0.39, 0.29) is 5.78 Å². The van der Waals surface area contributed by atoms with Gasteiger partial charge in [0.15, 0.2) is 5.78 Å². The van der Waals surface area contributed by atoms with E-state index < -0.39 is 0 Å². The van der Waals surface area contributed by atoms with Gasteiger partial charge in [-0.2, -0.15) is 0 Å². The number of aryl methyl sites for hydroxylation is 2. The van der Waals surface area contributed by atoms with Crippen molar-refractivity contribution in [3.05, 3.63) is 81.9 Å². The highest BCUT2D eigenvalue weighted by molar-refractivity contribution is 6.14. The van der Waals surface area contributed by atoms with E-state index >= 15 is 0 Å². The molecule has 1 fully saturated rings. The molecular weight excluding hydrogens is 330 g/mol. The Balaban J connectivity index is 1.89. The lowest BCUT2D eigenvalue weighted by molar-refractivity contribution is -0.889. The van der Waals surface area contributed by atoms with Gasteiger partial charge in [-0.25, -0.2) is 0 Å². The van der Waals surface area contributed by atoms with E-state index in [9.17, 15) is 4.79 Å². The summed E-state index contributed by atoms with van der Waals surface area (Å²) in [5, 5.41) is 0. The first-order valence-corrected chi connectivity index (χ1v) is 10.1. The number of hydrogen-bond acceptors (Lipinski definition) is 1. The molecule has 1 N–H and O–H groups in total. The standard InChI is InChI=1S/C25H29NO/c1-4-19-7-11-21(12-8-19)15-23-17-26(6-3)18-24(25(23)27)16-22-13-9-20(5-2)10-14-22/h7-16H,4-6,17-18H2,1-3H3/p+1/b23-15-,24-16-. The van der Waals surface area contributed by atoms with E-state index in [1.807, 2.05) is 0 Å². The number of Topliss-reactive ketones (excluding diaryl/α,β-unsaturated/α-hetero) is 1. The average molecular weight is 361 g/mol. The van der Waals surface area contributed by atoms with Crippen molar-refractivity contribution in [3.8, 4) is 0 Å². The predicted octanol–water partition coefficient (Wildman–Crippen LogP) is 3.77. The third kappa shape index (κ3) is 4.84. The highest BCUT2D eigenvalue weighted by atomic mass is 16.1. The lowest BCUT2D eigenvalue weighted by Crippen LogP contribution is -3.13. The number of hydrogen-bond donors (Lipinski definition) is 1. The summed E-state index contributed by atoms with van der Waals surface area (Å²) in [7, 11) is 0. The number of nitrogens with one attached hydrogen (secondary N) is 1. The monoisotopic (exact) mass is 360 g/mol. The Morgan fingerprint density at radius 2 is 1.15 bits per heavy atom. The zero-order chi connectivity index (χ0) is 19.2. The summed E-state index contributed by atoms with van der Waals surface area (Å²) in [5.74, 6) is 0.200. The van der Waals surface area contributed by atoms with Crippen LogP contribution in [0.1, 0.15) is 43.0 Å². The molecule has 0 aromatic heterocycles. The molecule has 0 bridgehead atoms. The molecule has 2 aromatic carbocycles. The minimum absolute atomic E-state index is 0.200. The van der Waals surface area contributed by atoms with Gasteiger partial charge >= 0.3 is 0 Å². The van der Waals surface area contributed by atoms with E-state index in [4.69, 9.17) is 0 Å². The summed E-state index contributed by atoms with van der Waals surface area (Å²) >= 11 is 0. The van der Waals surface area contributed by atoms with Crippen molar-refractivity contribution in [1.82, 2.24) is 0 Å². The molecule has 3 rings (SSSR count). The maximum Gasteiger partial charge on any atom is 0.196 e. The van der Waals surface area contributed by atoms with E-state index in [0.29, 0.717) is 0 Å². The highest BCUT2D eigenvalue weighted by Gasteiger charge is 2.28. The summed E-state index contributed by atoms with van der Waals surface area (Å²) in [4.78, 5) is 14.5. The molecule has 2 heteroatoms. The fraction of sp³-hybridized carbons (Fsp3) is 0.320. The summed E-state index contributed by atoms with van der Waals surface area (Å²) in [6.07, 6.45) is 6.22. The van der Waals surface area contributed by atoms with Crippen molar-refractivity contribution in [2.75, 3.05) is 19.6 Å². The fourth-order valence-corrected chi connectivity index (χ4v) is 3.55. The Hall–Kier alpha value is -2.45. The fourth-order valence-electron chi connectivity index (χ4n) is 3.55. The molecule has 140 valence electrons. The summed E-state index contributed by atoms with van der Waals surface area (Å²) in [6.45, 7) is 9.13. The van der Waals surface area contributed by atoms with Gasteiger partial charge in [-0.1, -0.05) is 62.4 Å². The average Bonchev–Trinajstić information content (AvgIpc) is 2.72. The molecule has 0 unspecified atom stereocenters. The van der Waals surface area contributed by atoms with Crippen molar-refractivity contribution in [2.45, 2.75) is 33.6 Å². The second-order valence-electron chi connectivity index (χ2n) is 7.32. The lowest BCUT2D eigenvalue weighted by atomic mass is 9.94. The number of benzene rings is 2. The molecule has 0 radical (unpaired) electrons. The van der Waals surface area contributed by atoms with Crippen molar-refractivity contribution < 1.29 is 9.69 Å². The number of ketones is 1. The molecule has 2 aromatic rings. The third-order valence-electron chi connectivity index (χ3n) is 5.42. The van der Waals surface area contributed by atoms with Gasteiger partial charge in [0.25, 0.3) is 0 Å². The topological polar surface area (TPSA) is 21.5 Å². The largest absolute Gasteiger partial charge is 0.327 e. The molecule has 0 spiro atoms. The number of carbonyl (C=O) groups excluding carboxylic acids is 1. The van der Waals surface area contributed by atoms with Gasteiger partial charge in [0, 0.05) is 0 Å². The Bertz CT molecular complexity index is 771. The van der Waals surface area contributed by atoms with Gasteiger partial charge < -0.3 is 4.90 Å². The first-order valence-electron chi connectivity index (χ1n) is 10.1. The van der Waals surface area contributed by atoms with Crippen LogP contribution < -0.4 is 4.90 Å². The van der Waals surface area contributed by atoms with Crippen molar-refractivity contribution >= 4 is 17.9 Å². The number of quaternary nitrogens is 1. The van der Waals surface area contributed by atoms with Crippen LogP contribution in [-0.2, 0) is 17.6 Å². The highest BCUT2D eigenvalue weighted by Crippen LogP contribution is 2.17. The summed E-state index contributed by atoms with van der Waals surface area (Å²) in [5.41, 5.74) is 6.70. The predicted molar refractivity (Wildman–Crippen MR) is 114 cm³/mol. The van der Waals surface area contributed by atoms with Crippen LogP contribution in [0.15, 0.2) is 59.7 Å². The number of piperidine rings is 1. The number of rotatable bonds is 5. The molecule has 27 heavy (non-hydrogen) atoms. The van der Waals surface area contributed by atoms with Crippen LogP contribution in [0.2, 0.25) is 0 Å². The minimum Gasteiger partial charge on any atom is -0.327 e. The second kappa shape index (κ2) is 8.96. The van der Waals surface area contributed by atoms with Crippen molar-refractivity contribution in [3.63, 3.8) is 0 Å². The van der Waals surface area contributed by atoms with Gasteiger partial charge in [0.2, 0.25) is 0 Å². The van der Waals surface area contributed by atoms with Crippen LogP contribution in [0.4, 0.5) is 0 Å². The SMILES string of the molecule is CCc1ccc(/C=C2/C[NH+](CC)C/C(=C/c3ccc(CC)cc3)C2=O)cc1. The van der Waals surface area contributed by atoms with Gasteiger partial charge in [0.05, 0.1) is 17.7 Å². The number of likely N-dealkylation sites (tertiary alicyclic amines) is 1. The summed E-state index contributed by atoms with van der Waals surface area (Å²) < 4.78 is 0. The lowest BCUT2D eigenvalue weighted by Gasteiger charge is -2.25. The third-order valence-corrected chi connectivity index (χ3v) is 5.42. The first kappa shape index (κ1) is 19.3. The Morgan fingerprint density at radius 1 is 0.741 bits per heavy atom. The number of likely N-dealkylation sites (N-methyl/N-ethyl adjacent to an activating group) is 1. The van der Waals surface area contributed by atoms with Crippen LogP contribution >= 0.6 is 0 Å². The Labute approximate surface area is 163 Å². The molecule has 0 amide bonds. The zero-order valence-electron chi connectivity index (χ0n) is 16.7. The smallest absolute Gasteiger partial charge is 0.196 e. The van der Waals surface area contributed by atoms with Crippen LogP contribution in [0.5, 0.6) is 0 Å². The molecule has 1 heterocycles. The second-order valence-corrected chi connectivity index (χ2v) is 7.32. The molecule has 2 nitrogen and oxygen atoms in total. The zero-order valence-corrected chi connectivity index (χ0v) is 16.7. The van der Waals surface area contributed by atoms with Crippen LogP contribution in [-0.4, -0.2) is 25.4 Å². The quantitative estimate of drug-likeness (QED) is 0.806. The van der Waals surface area contributed by atoms with Gasteiger partial charge in [0.1, 0.15) is 13.1 Å². The van der Waals surface area contributed by atoms with Crippen molar-refractivity contribution in [1.29, 1.82) is 0 Å². The molecule has 0 saturated carbocycles. The molecule has 1 aliphatic rings. The van der Waals surface area contributed by atoms with E-state index in [2.05, 4.69) is 81.5 Å². The first-order chi connectivity index (χ1) is 13.1. The molecule has 0 aliphatic carbocycles. The van der Waals surface area contributed by atoms with Gasteiger partial charge in [-0.3, -0.25) is 4.79 Å². The molecular formula is C25H30NO+. The molecule has 1 saturated heterocycles. The van der Waals surface area contributed by atoms with E-state index in [0.717, 1.165) is 54.7 Å². The minimum atomic E-state index is 0.200. The Kier molecular flexibility index (Phi) is 6.41. The maximum atomic E-state index is 13.1. The van der Waals surface area contributed by atoms with E-state index in [1.165, 1.54) is 16.0 Å². The van der Waals surface area contributed by atoms with Crippen LogP contribution in [0.25, 0.3) is 12.2 Å². The molecule has 1 aliphatic heterocycles. The van der Waals surface area contributed by atoms with Crippen LogP contribution in [0, 0.1) is 0 Å². The maximum absolute atomic E-state index is 13.1. The number of carbonyl (C=O) groups is 1. The van der Waals surface area contributed by atoms with Gasteiger partial charge in [-0.15, -0.1) is 0 Å². The molecule has 0 atom stereocenters. The van der Waals surface area contributed by atoms with E-state index in [1.54, 1.807) is 0 Å². The normalized spacial score (nSPS) is 20.4.